The number of nitrogens with one attached hydrogen (secondary N) is 1. The van der Waals surface area contributed by atoms with Crippen LogP contribution in [0, 0.1) is 13.8 Å². The van der Waals surface area contributed by atoms with Gasteiger partial charge in [0.1, 0.15) is 12.0 Å². The SMILES string of the molecule is Cc1ccc(-c2nc(CNC(=O)c3cc(C)on3)co2)cc1. The molecule has 6 heteroatoms. The van der Waals surface area contributed by atoms with Crippen molar-refractivity contribution in [2.45, 2.75) is 20.4 Å². The Morgan fingerprint density at radius 3 is 2.68 bits per heavy atom. The summed E-state index contributed by atoms with van der Waals surface area (Å²) < 4.78 is 10.3. The summed E-state index contributed by atoms with van der Waals surface area (Å²) in [6.45, 7) is 4.02. The highest BCUT2D eigenvalue weighted by atomic mass is 16.5. The predicted molar refractivity (Wildman–Crippen MR) is 79.1 cm³/mol. The van der Waals surface area contributed by atoms with E-state index in [9.17, 15) is 4.79 Å². The lowest BCUT2D eigenvalue weighted by molar-refractivity contribution is 0.0941. The van der Waals surface area contributed by atoms with Crippen molar-refractivity contribution in [1.82, 2.24) is 15.5 Å². The maximum atomic E-state index is 11.9. The molecule has 1 N–H and O–H groups in total. The molecule has 0 radical (unpaired) electrons. The largest absolute Gasteiger partial charge is 0.444 e. The summed E-state index contributed by atoms with van der Waals surface area (Å²) in [6, 6.07) is 9.46. The second kappa shape index (κ2) is 5.85. The van der Waals surface area contributed by atoms with E-state index in [1.807, 2.05) is 31.2 Å². The minimum atomic E-state index is -0.309. The highest BCUT2D eigenvalue weighted by Crippen LogP contribution is 2.19. The highest BCUT2D eigenvalue weighted by molar-refractivity contribution is 5.92. The molecule has 2 heterocycles. The molecule has 22 heavy (non-hydrogen) atoms. The van der Waals surface area contributed by atoms with Gasteiger partial charge in [-0.25, -0.2) is 4.98 Å². The molecule has 1 aromatic carbocycles. The minimum absolute atomic E-state index is 0.250. The topological polar surface area (TPSA) is 81.2 Å². The minimum Gasteiger partial charge on any atom is -0.444 e. The Hall–Kier alpha value is -2.89. The number of hydrogen-bond acceptors (Lipinski definition) is 5. The van der Waals surface area contributed by atoms with Gasteiger partial charge in [0.2, 0.25) is 5.89 Å². The number of carbonyl (C=O) groups excluding carboxylic acids is 1. The number of oxazole rings is 1. The van der Waals surface area contributed by atoms with Gasteiger partial charge in [0.05, 0.1) is 12.2 Å². The van der Waals surface area contributed by atoms with E-state index in [-0.39, 0.29) is 18.1 Å². The standard InChI is InChI=1S/C16H15N3O3/c1-10-3-5-12(6-4-10)16-18-13(9-21-16)8-17-15(20)14-7-11(2)22-19-14/h3-7,9H,8H2,1-2H3,(H,17,20). The van der Waals surface area contributed by atoms with Crippen LogP contribution in [0.5, 0.6) is 0 Å². The van der Waals surface area contributed by atoms with Crippen LogP contribution in [-0.2, 0) is 6.54 Å². The average Bonchev–Trinajstić information content (AvgIpc) is 3.15. The van der Waals surface area contributed by atoms with Crippen molar-refractivity contribution in [3.8, 4) is 11.5 Å². The summed E-state index contributed by atoms with van der Waals surface area (Å²) >= 11 is 0. The van der Waals surface area contributed by atoms with Crippen LogP contribution in [0.25, 0.3) is 11.5 Å². The Labute approximate surface area is 127 Å². The fourth-order valence-electron chi connectivity index (χ4n) is 1.95. The molecule has 0 bridgehead atoms. The molecule has 0 aliphatic heterocycles. The van der Waals surface area contributed by atoms with Crippen LogP contribution in [0.2, 0.25) is 0 Å². The molecule has 1 amide bonds. The van der Waals surface area contributed by atoms with Crippen LogP contribution in [0.15, 0.2) is 45.5 Å². The molecule has 3 rings (SSSR count). The zero-order valence-electron chi connectivity index (χ0n) is 12.3. The quantitative estimate of drug-likeness (QED) is 0.800. The third-order valence-electron chi connectivity index (χ3n) is 3.14. The van der Waals surface area contributed by atoms with Gasteiger partial charge in [-0.15, -0.1) is 0 Å². The van der Waals surface area contributed by atoms with Crippen LogP contribution in [0.1, 0.15) is 27.5 Å². The predicted octanol–water partition coefficient (Wildman–Crippen LogP) is 2.88. The van der Waals surface area contributed by atoms with E-state index in [1.54, 1.807) is 13.0 Å². The second-order valence-electron chi connectivity index (χ2n) is 5.02. The molecule has 0 aliphatic rings. The van der Waals surface area contributed by atoms with E-state index < -0.39 is 0 Å². The van der Waals surface area contributed by atoms with E-state index >= 15 is 0 Å². The summed E-state index contributed by atoms with van der Waals surface area (Å²) in [7, 11) is 0. The first-order chi connectivity index (χ1) is 10.6. The lowest BCUT2D eigenvalue weighted by Gasteiger charge is -1.98. The van der Waals surface area contributed by atoms with Gasteiger partial charge < -0.3 is 14.3 Å². The van der Waals surface area contributed by atoms with Gasteiger partial charge in [-0.3, -0.25) is 4.79 Å². The fraction of sp³-hybridized carbons (Fsp3) is 0.188. The number of benzene rings is 1. The van der Waals surface area contributed by atoms with Gasteiger partial charge in [-0.05, 0) is 26.0 Å². The summed E-state index contributed by atoms with van der Waals surface area (Å²) in [5, 5.41) is 6.38. The van der Waals surface area contributed by atoms with Crippen LogP contribution in [-0.4, -0.2) is 16.0 Å². The third kappa shape index (κ3) is 3.06. The van der Waals surface area contributed by atoms with E-state index in [2.05, 4.69) is 15.5 Å². The first-order valence-electron chi connectivity index (χ1n) is 6.85. The lowest BCUT2D eigenvalue weighted by Crippen LogP contribution is -2.23. The Bertz CT molecular complexity index is 787. The zero-order valence-corrected chi connectivity index (χ0v) is 12.3. The van der Waals surface area contributed by atoms with Crippen molar-refractivity contribution < 1.29 is 13.7 Å². The normalized spacial score (nSPS) is 10.6. The first-order valence-corrected chi connectivity index (χ1v) is 6.85. The summed E-state index contributed by atoms with van der Waals surface area (Å²) in [6.07, 6.45) is 1.53. The van der Waals surface area contributed by atoms with Crippen molar-refractivity contribution in [1.29, 1.82) is 0 Å². The summed E-state index contributed by atoms with van der Waals surface area (Å²) in [5.74, 6) is 0.812. The van der Waals surface area contributed by atoms with Gasteiger partial charge in [0.15, 0.2) is 5.69 Å². The maximum absolute atomic E-state index is 11.9. The number of rotatable bonds is 4. The van der Waals surface area contributed by atoms with Crippen LogP contribution in [0.4, 0.5) is 0 Å². The van der Waals surface area contributed by atoms with Crippen LogP contribution < -0.4 is 5.32 Å². The highest BCUT2D eigenvalue weighted by Gasteiger charge is 2.12. The van der Waals surface area contributed by atoms with Crippen LogP contribution >= 0.6 is 0 Å². The van der Waals surface area contributed by atoms with Crippen molar-refractivity contribution >= 4 is 5.91 Å². The molecule has 0 saturated carbocycles. The van der Waals surface area contributed by atoms with Gasteiger partial charge >= 0.3 is 0 Å². The summed E-state index contributed by atoms with van der Waals surface area (Å²) in [5.41, 5.74) is 2.96. The van der Waals surface area contributed by atoms with Crippen molar-refractivity contribution in [3.63, 3.8) is 0 Å². The van der Waals surface area contributed by atoms with Crippen LogP contribution in [0.3, 0.4) is 0 Å². The van der Waals surface area contributed by atoms with Gasteiger partial charge in [0.25, 0.3) is 5.91 Å². The number of hydrogen-bond donors (Lipinski definition) is 1. The molecular formula is C16H15N3O3. The molecule has 6 nitrogen and oxygen atoms in total. The lowest BCUT2D eigenvalue weighted by atomic mass is 10.1. The van der Waals surface area contributed by atoms with E-state index in [4.69, 9.17) is 8.94 Å². The zero-order chi connectivity index (χ0) is 15.5. The molecule has 0 unspecified atom stereocenters. The Kier molecular flexibility index (Phi) is 3.74. The number of aryl methyl sites for hydroxylation is 2. The van der Waals surface area contributed by atoms with Crippen molar-refractivity contribution in [2.24, 2.45) is 0 Å². The van der Waals surface area contributed by atoms with Gasteiger partial charge in [-0.2, -0.15) is 0 Å². The smallest absolute Gasteiger partial charge is 0.273 e. The maximum Gasteiger partial charge on any atom is 0.273 e. The van der Waals surface area contributed by atoms with Crippen molar-refractivity contribution in [3.05, 3.63) is 59.3 Å². The van der Waals surface area contributed by atoms with E-state index in [0.29, 0.717) is 17.3 Å². The molecular weight excluding hydrogens is 282 g/mol. The second-order valence-corrected chi connectivity index (χ2v) is 5.02. The molecule has 0 atom stereocenters. The van der Waals surface area contributed by atoms with E-state index in [1.165, 1.54) is 11.8 Å². The Morgan fingerprint density at radius 1 is 1.23 bits per heavy atom. The van der Waals surface area contributed by atoms with E-state index in [0.717, 1.165) is 5.56 Å². The molecule has 0 spiro atoms. The first kappa shape index (κ1) is 14.1. The number of carbonyl (C=O) groups is 1. The number of nitrogens with zero attached hydrogens (tertiary/aromatic N) is 2. The molecule has 2 aromatic heterocycles. The molecule has 112 valence electrons. The van der Waals surface area contributed by atoms with Crippen molar-refractivity contribution in [2.75, 3.05) is 0 Å². The number of amides is 1. The van der Waals surface area contributed by atoms with Gasteiger partial charge in [0, 0.05) is 11.6 Å². The third-order valence-corrected chi connectivity index (χ3v) is 3.14. The Balaban J connectivity index is 1.64. The number of aromatic nitrogens is 2. The average molecular weight is 297 g/mol. The molecule has 0 aliphatic carbocycles. The summed E-state index contributed by atoms with van der Waals surface area (Å²) in [4.78, 5) is 16.2. The monoisotopic (exact) mass is 297 g/mol. The molecule has 0 fully saturated rings. The Morgan fingerprint density at radius 2 is 2.00 bits per heavy atom. The fourth-order valence-corrected chi connectivity index (χ4v) is 1.95. The molecule has 3 aromatic rings. The molecule has 0 saturated heterocycles. The van der Waals surface area contributed by atoms with Gasteiger partial charge in [-0.1, -0.05) is 22.9 Å².